The van der Waals surface area contributed by atoms with Crippen molar-refractivity contribution in [1.82, 2.24) is 15.1 Å². The van der Waals surface area contributed by atoms with Crippen molar-refractivity contribution in [1.29, 1.82) is 0 Å². The SMILES string of the molecule is C=CCCC(=O)N[C@H](COC)[C@H](OC(=O)[C@@H]1[C@H]2O[C@@]3(CC2Br)[C@H](C(=O)N(CC=C)C(C)(C)C)N([C@H](C)CO)C(=O)[C@@H]13)c1ccccc1. The predicted octanol–water partition coefficient (Wildman–Crippen LogP) is 3.31. The number of alkyl halides is 1. The lowest BCUT2D eigenvalue weighted by Gasteiger charge is -2.43. The first-order valence-electron chi connectivity index (χ1n) is 16.1. The summed E-state index contributed by atoms with van der Waals surface area (Å²) < 4.78 is 18.3. The number of fused-ring (bicyclic) bond motifs is 1. The fourth-order valence-corrected chi connectivity index (χ4v) is 8.22. The van der Waals surface area contributed by atoms with Gasteiger partial charge < -0.3 is 34.4 Å². The summed E-state index contributed by atoms with van der Waals surface area (Å²) in [5.74, 6) is -3.80. The molecule has 4 rings (SSSR count). The van der Waals surface area contributed by atoms with Crippen LogP contribution in [0.1, 0.15) is 58.6 Å². The molecule has 3 saturated heterocycles. The van der Waals surface area contributed by atoms with Gasteiger partial charge in [0.1, 0.15) is 17.7 Å². The van der Waals surface area contributed by atoms with Gasteiger partial charge in [0.25, 0.3) is 0 Å². The van der Waals surface area contributed by atoms with Crippen LogP contribution in [-0.4, -0.2) is 106 Å². The topological polar surface area (TPSA) is 135 Å². The average molecular weight is 719 g/mol. The number of amides is 3. The summed E-state index contributed by atoms with van der Waals surface area (Å²) in [4.78, 5) is 58.8. The zero-order chi connectivity index (χ0) is 34.7. The number of aliphatic hydroxyl groups is 1. The van der Waals surface area contributed by atoms with Crippen LogP contribution in [0.4, 0.5) is 0 Å². The number of allylic oxidation sites excluding steroid dienone is 1. The van der Waals surface area contributed by atoms with Crippen molar-refractivity contribution in [2.75, 3.05) is 26.9 Å². The van der Waals surface area contributed by atoms with Crippen LogP contribution in [0.5, 0.6) is 0 Å². The lowest BCUT2D eigenvalue weighted by Crippen LogP contribution is -2.61. The highest BCUT2D eigenvalue weighted by Gasteiger charge is 2.77. The second-order valence-corrected chi connectivity index (χ2v) is 14.7. The molecule has 3 aliphatic rings. The van der Waals surface area contributed by atoms with Gasteiger partial charge in [0.2, 0.25) is 17.7 Å². The molecule has 0 aliphatic carbocycles. The summed E-state index contributed by atoms with van der Waals surface area (Å²) >= 11 is 3.70. The molecule has 9 atom stereocenters. The Morgan fingerprint density at radius 2 is 1.91 bits per heavy atom. The number of nitrogens with zero attached hydrogens (tertiary/aromatic N) is 2. The molecular formula is C35H48BrN3O8. The summed E-state index contributed by atoms with van der Waals surface area (Å²) in [5.41, 5.74) is -1.32. The fourth-order valence-electron chi connectivity index (χ4n) is 7.27. The third kappa shape index (κ3) is 7.06. The van der Waals surface area contributed by atoms with E-state index in [1.165, 1.54) is 12.0 Å². The maximum absolute atomic E-state index is 14.5. The molecule has 0 radical (unpaired) electrons. The number of hydrogen-bond acceptors (Lipinski definition) is 8. The van der Waals surface area contributed by atoms with Crippen LogP contribution in [0, 0.1) is 11.8 Å². The van der Waals surface area contributed by atoms with Gasteiger partial charge in [0.15, 0.2) is 0 Å². The Balaban J connectivity index is 1.74. The molecule has 3 heterocycles. The number of nitrogens with one attached hydrogen (secondary N) is 1. The van der Waals surface area contributed by atoms with Gasteiger partial charge in [-0.1, -0.05) is 58.4 Å². The van der Waals surface area contributed by atoms with Crippen molar-refractivity contribution >= 4 is 39.6 Å². The number of methoxy groups -OCH3 is 1. The highest BCUT2D eigenvalue weighted by Crippen LogP contribution is 2.61. The average Bonchev–Trinajstić information content (AvgIpc) is 3.63. The first kappa shape index (κ1) is 36.8. The van der Waals surface area contributed by atoms with Crippen LogP contribution in [-0.2, 0) is 33.4 Å². The Labute approximate surface area is 285 Å². The minimum atomic E-state index is -1.34. The highest BCUT2D eigenvalue weighted by atomic mass is 79.9. The molecule has 1 spiro atoms. The Morgan fingerprint density at radius 1 is 1.23 bits per heavy atom. The number of benzene rings is 1. The van der Waals surface area contributed by atoms with E-state index in [0.717, 1.165) is 0 Å². The van der Waals surface area contributed by atoms with Gasteiger partial charge >= 0.3 is 5.97 Å². The number of aliphatic hydroxyl groups excluding tert-OH is 1. The van der Waals surface area contributed by atoms with Crippen molar-refractivity contribution in [3.8, 4) is 0 Å². The minimum Gasteiger partial charge on any atom is -0.455 e. The van der Waals surface area contributed by atoms with Gasteiger partial charge in [-0.15, -0.1) is 13.2 Å². The molecule has 258 valence electrons. The van der Waals surface area contributed by atoms with Gasteiger partial charge in [0, 0.05) is 30.4 Å². The predicted molar refractivity (Wildman–Crippen MR) is 179 cm³/mol. The Kier molecular flexibility index (Phi) is 11.7. The quantitative estimate of drug-likeness (QED) is 0.160. The Hall–Kier alpha value is -3.06. The van der Waals surface area contributed by atoms with Crippen molar-refractivity contribution in [3.63, 3.8) is 0 Å². The molecule has 3 amide bonds. The third-order valence-corrected chi connectivity index (χ3v) is 10.2. The molecule has 12 heteroatoms. The van der Waals surface area contributed by atoms with E-state index in [2.05, 4.69) is 34.4 Å². The number of rotatable bonds is 15. The molecule has 0 aromatic heterocycles. The third-order valence-electron chi connectivity index (χ3n) is 9.36. The fraction of sp³-hybridized carbons (Fsp3) is 0.600. The summed E-state index contributed by atoms with van der Waals surface area (Å²) in [5, 5.41) is 13.2. The molecule has 11 nitrogen and oxygen atoms in total. The van der Waals surface area contributed by atoms with E-state index < -0.39 is 65.2 Å². The number of halogens is 1. The highest BCUT2D eigenvalue weighted by molar-refractivity contribution is 9.09. The monoisotopic (exact) mass is 717 g/mol. The first-order chi connectivity index (χ1) is 22.3. The molecule has 0 saturated carbocycles. The minimum absolute atomic E-state index is 0.0505. The zero-order valence-corrected chi connectivity index (χ0v) is 29.5. The molecule has 47 heavy (non-hydrogen) atoms. The molecule has 3 aliphatic heterocycles. The summed E-state index contributed by atoms with van der Waals surface area (Å²) in [6.45, 7) is 14.8. The summed E-state index contributed by atoms with van der Waals surface area (Å²) in [6, 6.07) is 6.49. The van der Waals surface area contributed by atoms with E-state index in [0.29, 0.717) is 18.4 Å². The first-order valence-corrected chi connectivity index (χ1v) is 17.0. The van der Waals surface area contributed by atoms with Crippen LogP contribution in [0.3, 0.4) is 0 Å². The number of hydrogen-bond donors (Lipinski definition) is 2. The van der Waals surface area contributed by atoms with Crippen LogP contribution in [0.15, 0.2) is 55.6 Å². The number of esters is 1. The van der Waals surface area contributed by atoms with E-state index in [1.54, 1.807) is 48.2 Å². The number of likely N-dealkylation sites (tertiary alicyclic amines) is 1. The maximum atomic E-state index is 14.5. The van der Waals surface area contributed by atoms with Crippen LogP contribution in [0.25, 0.3) is 0 Å². The Morgan fingerprint density at radius 3 is 2.49 bits per heavy atom. The Bertz CT molecular complexity index is 1340. The van der Waals surface area contributed by atoms with Gasteiger partial charge in [-0.25, -0.2) is 0 Å². The van der Waals surface area contributed by atoms with Gasteiger partial charge in [-0.05, 0) is 46.1 Å². The summed E-state index contributed by atoms with van der Waals surface area (Å²) in [6.07, 6.45) is 2.56. The largest absolute Gasteiger partial charge is 0.455 e. The number of carbonyl (C=O) groups is 4. The molecule has 2 bridgehead atoms. The summed E-state index contributed by atoms with van der Waals surface area (Å²) in [7, 11) is 1.49. The van der Waals surface area contributed by atoms with E-state index in [4.69, 9.17) is 14.2 Å². The van der Waals surface area contributed by atoms with Crippen molar-refractivity contribution in [3.05, 3.63) is 61.2 Å². The molecule has 3 fully saturated rings. The van der Waals surface area contributed by atoms with Gasteiger partial charge in [0.05, 0.1) is 43.2 Å². The molecular weight excluding hydrogens is 670 g/mol. The smallest absolute Gasteiger partial charge is 0.313 e. The van der Waals surface area contributed by atoms with E-state index in [1.807, 2.05) is 26.8 Å². The van der Waals surface area contributed by atoms with Gasteiger partial charge in [-0.3, -0.25) is 19.2 Å². The second kappa shape index (κ2) is 15.0. The van der Waals surface area contributed by atoms with E-state index >= 15 is 0 Å². The van der Waals surface area contributed by atoms with Gasteiger partial charge in [-0.2, -0.15) is 0 Å². The van der Waals surface area contributed by atoms with E-state index in [9.17, 15) is 24.3 Å². The standard InChI is InChI=1S/C35H48BrN3O8/c1-8-10-16-25(41)37-24(20-45-7)28(22-14-12-11-13-15-22)46-33(44)26-27-31(42)39(21(3)19-40)30(35(27)18-23(36)29(26)47-35)32(43)38(17-9-2)34(4,5)6/h8-9,11-15,21,23-24,26-30,40H,1-2,10,16-20H2,3-7H3,(H,37,41)/t21-,23?,24-,26+,27-,28-,29+,30+,35-/m1/s1. The maximum Gasteiger partial charge on any atom is 0.313 e. The number of ether oxygens (including phenoxy) is 3. The van der Waals surface area contributed by atoms with Crippen molar-refractivity contribution in [2.45, 2.75) is 93.3 Å². The van der Waals surface area contributed by atoms with E-state index in [-0.39, 0.29) is 42.8 Å². The molecule has 1 unspecified atom stereocenters. The molecule has 2 N–H and O–H groups in total. The molecule has 1 aromatic carbocycles. The van der Waals surface area contributed by atoms with Crippen LogP contribution >= 0.6 is 15.9 Å². The molecule has 1 aromatic rings. The van der Waals surface area contributed by atoms with Crippen LogP contribution < -0.4 is 5.32 Å². The lowest BCUT2D eigenvalue weighted by molar-refractivity contribution is -0.163. The zero-order valence-electron chi connectivity index (χ0n) is 27.9. The van der Waals surface area contributed by atoms with Crippen LogP contribution in [0.2, 0.25) is 0 Å². The van der Waals surface area contributed by atoms with Crippen molar-refractivity contribution in [2.24, 2.45) is 11.8 Å². The normalized spacial score (nSPS) is 28.3. The lowest BCUT2D eigenvalue weighted by atomic mass is 9.70. The number of carbonyl (C=O) groups excluding carboxylic acids is 4. The second-order valence-electron chi connectivity index (χ2n) is 13.6. The van der Waals surface area contributed by atoms with Crippen molar-refractivity contribution < 1.29 is 38.5 Å².